The number of benzene rings is 1. The van der Waals surface area contributed by atoms with Gasteiger partial charge in [-0.25, -0.2) is 0 Å². The van der Waals surface area contributed by atoms with Gasteiger partial charge in [0.1, 0.15) is 0 Å². The fraction of sp³-hybridized carbons (Fsp3) is 0.739. The standard InChI is InChI=1S/C23H42OSi2/c1-17-14-15-18-19(16-17)26(22(8,9)10,23(11,12)13)24-25(18,20(2,3)4)21(5,6)7/h14-16H,1-13H3. The summed E-state index contributed by atoms with van der Waals surface area (Å²) in [6, 6.07) is 7.25. The Labute approximate surface area is 165 Å². The lowest BCUT2D eigenvalue weighted by molar-refractivity contribution is 0.389. The van der Waals surface area contributed by atoms with Gasteiger partial charge >= 0.3 is 0 Å². The Morgan fingerprint density at radius 3 is 1.27 bits per heavy atom. The molecule has 0 unspecified atom stereocenters. The third kappa shape index (κ3) is 2.72. The van der Waals surface area contributed by atoms with E-state index in [9.17, 15) is 0 Å². The van der Waals surface area contributed by atoms with Crippen LogP contribution in [-0.2, 0) is 4.12 Å². The largest absolute Gasteiger partial charge is 0.447 e. The van der Waals surface area contributed by atoms with E-state index >= 15 is 0 Å². The van der Waals surface area contributed by atoms with E-state index in [-0.39, 0.29) is 20.2 Å². The second-order valence-electron chi connectivity index (χ2n) is 12.5. The predicted molar refractivity (Wildman–Crippen MR) is 122 cm³/mol. The van der Waals surface area contributed by atoms with Gasteiger partial charge in [0.05, 0.1) is 0 Å². The van der Waals surface area contributed by atoms with Gasteiger partial charge in [-0.3, -0.25) is 0 Å². The molecular formula is C23H42OSi2. The number of hydrogen-bond acceptors (Lipinski definition) is 1. The number of aryl methyl sites for hydroxylation is 1. The van der Waals surface area contributed by atoms with Gasteiger partial charge in [0.25, 0.3) is 0 Å². The van der Waals surface area contributed by atoms with Gasteiger partial charge in [-0.05, 0) is 37.5 Å². The topological polar surface area (TPSA) is 9.23 Å². The lowest BCUT2D eigenvalue weighted by atomic mass is 10.2. The van der Waals surface area contributed by atoms with Crippen LogP contribution in [-0.4, -0.2) is 16.6 Å². The monoisotopic (exact) mass is 390 g/mol. The van der Waals surface area contributed by atoms with Gasteiger partial charge in [0.15, 0.2) is 0 Å². The normalized spacial score (nSPS) is 20.2. The van der Waals surface area contributed by atoms with Gasteiger partial charge in [-0.1, -0.05) is 107 Å². The summed E-state index contributed by atoms with van der Waals surface area (Å²) in [7, 11) is -4.55. The smallest absolute Gasteiger partial charge is 0.223 e. The molecule has 0 aromatic heterocycles. The quantitative estimate of drug-likeness (QED) is 0.457. The highest BCUT2D eigenvalue weighted by molar-refractivity contribution is 7.11. The van der Waals surface area contributed by atoms with Crippen molar-refractivity contribution in [2.45, 2.75) is 110 Å². The molecule has 148 valence electrons. The van der Waals surface area contributed by atoms with Crippen molar-refractivity contribution >= 4 is 27.0 Å². The fourth-order valence-electron chi connectivity index (χ4n) is 6.07. The van der Waals surface area contributed by atoms with Crippen LogP contribution in [0.3, 0.4) is 0 Å². The number of hydrogen-bond donors (Lipinski definition) is 0. The Balaban J connectivity index is 3.07. The van der Waals surface area contributed by atoms with Gasteiger partial charge < -0.3 is 4.12 Å². The minimum absolute atomic E-state index is 0.138. The van der Waals surface area contributed by atoms with Crippen molar-refractivity contribution < 1.29 is 4.12 Å². The summed E-state index contributed by atoms with van der Waals surface area (Å²) >= 11 is 0. The van der Waals surface area contributed by atoms with E-state index in [1.165, 1.54) is 5.56 Å². The van der Waals surface area contributed by atoms with Crippen molar-refractivity contribution in [1.82, 2.24) is 0 Å². The molecule has 0 amide bonds. The first-order valence-electron chi connectivity index (χ1n) is 10.1. The van der Waals surface area contributed by atoms with Gasteiger partial charge in [-0.15, -0.1) is 0 Å². The Morgan fingerprint density at radius 2 is 0.923 bits per heavy atom. The zero-order chi connectivity index (χ0) is 20.6. The minimum atomic E-state index is -2.28. The molecule has 1 aromatic carbocycles. The van der Waals surface area contributed by atoms with E-state index in [2.05, 4.69) is 108 Å². The van der Waals surface area contributed by atoms with Crippen molar-refractivity contribution in [1.29, 1.82) is 0 Å². The minimum Gasteiger partial charge on any atom is -0.447 e. The third-order valence-corrected chi connectivity index (χ3v) is 20.0. The lowest BCUT2D eigenvalue weighted by Gasteiger charge is -2.55. The Hall–Kier alpha value is -0.386. The van der Waals surface area contributed by atoms with Crippen LogP contribution in [0.4, 0.5) is 0 Å². The van der Waals surface area contributed by atoms with Crippen LogP contribution in [0.2, 0.25) is 20.2 Å². The molecule has 0 saturated heterocycles. The molecular weight excluding hydrogens is 348 g/mol. The molecule has 0 radical (unpaired) electrons. The van der Waals surface area contributed by atoms with Crippen LogP contribution >= 0.6 is 0 Å². The van der Waals surface area contributed by atoms with Crippen molar-refractivity contribution in [2.75, 3.05) is 0 Å². The summed E-state index contributed by atoms with van der Waals surface area (Å²) in [6.45, 7) is 31.3. The summed E-state index contributed by atoms with van der Waals surface area (Å²) in [6.07, 6.45) is 0. The van der Waals surface area contributed by atoms with Crippen LogP contribution in [0, 0.1) is 6.92 Å². The van der Waals surface area contributed by atoms with Gasteiger partial charge in [-0.2, -0.15) is 0 Å². The maximum absolute atomic E-state index is 7.80. The highest BCUT2D eigenvalue weighted by Gasteiger charge is 2.71. The van der Waals surface area contributed by atoms with Crippen LogP contribution in [0.1, 0.15) is 88.6 Å². The maximum Gasteiger partial charge on any atom is 0.223 e. The first kappa shape index (κ1) is 21.9. The van der Waals surface area contributed by atoms with E-state index < -0.39 is 16.6 Å². The number of fused-ring (bicyclic) bond motifs is 1. The highest BCUT2D eigenvalue weighted by atomic mass is 28.4. The molecule has 0 spiro atoms. The molecule has 2 rings (SSSR count). The van der Waals surface area contributed by atoms with Crippen LogP contribution in [0.25, 0.3) is 0 Å². The highest BCUT2D eigenvalue weighted by Crippen LogP contribution is 2.61. The first-order chi connectivity index (χ1) is 11.3. The molecule has 0 aliphatic carbocycles. The van der Waals surface area contributed by atoms with Crippen molar-refractivity contribution in [3.05, 3.63) is 23.8 Å². The van der Waals surface area contributed by atoms with Crippen LogP contribution in [0.5, 0.6) is 0 Å². The van der Waals surface area contributed by atoms with E-state index in [1.807, 2.05) is 0 Å². The van der Waals surface area contributed by atoms with E-state index in [4.69, 9.17) is 4.12 Å². The molecule has 0 atom stereocenters. The summed E-state index contributed by atoms with van der Waals surface area (Å²) in [5.74, 6) is 0. The van der Waals surface area contributed by atoms with Crippen LogP contribution in [0.15, 0.2) is 18.2 Å². The fourth-order valence-corrected chi connectivity index (χ4v) is 24.1. The van der Waals surface area contributed by atoms with Gasteiger partial charge in [0.2, 0.25) is 16.6 Å². The molecule has 1 heterocycles. The summed E-state index contributed by atoms with van der Waals surface area (Å²) in [5.41, 5.74) is 1.37. The zero-order valence-electron chi connectivity index (χ0n) is 19.6. The molecule has 1 aromatic rings. The SMILES string of the molecule is Cc1ccc2c(c1)[Si](C(C)(C)C)(C(C)(C)C)O[Si]2(C(C)(C)C)C(C)(C)C. The molecule has 1 aliphatic heterocycles. The van der Waals surface area contributed by atoms with Crippen molar-refractivity contribution in [3.63, 3.8) is 0 Å². The van der Waals surface area contributed by atoms with Gasteiger partial charge in [0, 0.05) is 0 Å². The second-order valence-corrected chi connectivity index (χ2v) is 23.1. The molecule has 1 aliphatic rings. The van der Waals surface area contributed by atoms with E-state index in [0.717, 1.165) is 0 Å². The first-order valence-corrected chi connectivity index (χ1v) is 14.0. The summed E-state index contributed by atoms with van der Waals surface area (Å²) in [4.78, 5) is 0. The molecule has 1 nitrogen and oxygen atoms in total. The zero-order valence-corrected chi connectivity index (χ0v) is 21.6. The Kier molecular flexibility index (Phi) is 4.89. The molecule has 0 saturated carbocycles. The maximum atomic E-state index is 7.80. The number of rotatable bonds is 0. The molecule has 0 bridgehead atoms. The average Bonchev–Trinajstić information content (AvgIpc) is 2.68. The summed E-state index contributed by atoms with van der Waals surface area (Å²) < 4.78 is 7.80. The van der Waals surface area contributed by atoms with Crippen LogP contribution < -0.4 is 10.4 Å². The van der Waals surface area contributed by atoms with Crippen molar-refractivity contribution in [3.8, 4) is 0 Å². The summed E-state index contributed by atoms with van der Waals surface area (Å²) in [5, 5.41) is 3.73. The van der Waals surface area contributed by atoms with Crippen molar-refractivity contribution in [2.24, 2.45) is 0 Å². The Morgan fingerprint density at radius 1 is 0.577 bits per heavy atom. The Bertz CT molecular complexity index is 663. The lowest BCUT2D eigenvalue weighted by Crippen LogP contribution is -2.65. The molecule has 0 N–H and O–H groups in total. The third-order valence-electron chi connectivity index (χ3n) is 6.46. The molecule has 3 heteroatoms. The van der Waals surface area contributed by atoms with E-state index in [0.29, 0.717) is 0 Å². The average molecular weight is 391 g/mol. The van der Waals surface area contributed by atoms with E-state index in [1.54, 1.807) is 10.4 Å². The second kappa shape index (κ2) is 5.81. The molecule has 26 heavy (non-hydrogen) atoms. The molecule has 0 fully saturated rings. The predicted octanol–water partition coefficient (Wildman–Crippen LogP) is 6.53.